The molecule has 1 N–H and O–H groups in total. The van der Waals surface area contributed by atoms with Gasteiger partial charge in [-0.15, -0.1) is 0 Å². The summed E-state index contributed by atoms with van der Waals surface area (Å²) in [5.74, 6) is 0.254. The van der Waals surface area contributed by atoms with E-state index in [-0.39, 0.29) is 5.56 Å². The molecule has 1 aromatic heterocycles. The van der Waals surface area contributed by atoms with Crippen LogP contribution in [0.1, 0.15) is 31.1 Å². The first-order chi connectivity index (χ1) is 8.49. The highest BCUT2D eigenvalue weighted by molar-refractivity contribution is 5.92. The first-order valence-corrected chi connectivity index (χ1v) is 6.17. The number of carboxylic acids is 1. The largest absolute Gasteiger partial charge is 0.478 e. The minimum atomic E-state index is -0.915. The molecule has 1 heterocycles. The van der Waals surface area contributed by atoms with Crippen molar-refractivity contribution in [3.63, 3.8) is 0 Å². The van der Waals surface area contributed by atoms with Gasteiger partial charge in [0.1, 0.15) is 0 Å². The van der Waals surface area contributed by atoms with Gasteiger partial charge < -0.3 is 9.67 Å². The first-order valence-electron chi connectivity index (χ1n) is 6.17. The van der Waals surface area contributed by atoms with Crippen LogP contribution in [0.15, 0.2) is 24.5 Å². The topological polar surface area (TPSA) is 55.1 Å². The van der Waals surface area contributed by atoms with Gasteiger partial charge >= 0.3 is 5.97 Å². The maximum atomic E-state index is 10.9. The van der Waals surface area contributed by atoms with Crippen molar-refractivity contribution in [2.45, 2.75) is 27.3 Å². The summed E-state index contributed by atoms with van der Waals surface area (Å²) >= 11 is 0. The van der Waals surface area contributed by atoms with E-state index >= 15 is 0 Å². The van der Waals surface area contributed by atoms with Crippen LogP contribution in [0.4, 0.5) is 0 Å². The van der Waals surface area contributed by atoms with Crippen molar-refractivity contribution in [3.05, 3.63) is 30.1 Å². The molecule has 2 aromatic rings. The Labute approximate surface area is 106 Å². The average Bonchev–Trinajstić information content (AvgIpc) is 2.71. The third kappa shape index (κ3) is 2.37. The van der Waals surface area contributed by atoms with Crippen LogP contribution in [0, 0.1) is 11.8 Å². The monoisotopic (exact) mass is 246 g/mol. The van der Waals surface area contributed by atoms with E-state index in [4.69, 9.17) is 5.11 Å². The zero-order valence-electron chi connectivity index (χ0n) is 10.9. The van der Waals surface area contributed by atoms with Gasteiger partial charge in [-0.25, -0.2) is 9.78 Å². The smallest absolute Gasteiger partial charge is 0.335 e. The van der Waals surface area contributed by atoms with E-state index in [0.717, 1.165) is 17.6 Å². The van der Waals surface area contributed by atoms with Gasteiger partial charge in [0.2, 0.25) is 0 Å². The number of hydrogen-bond donors (Lipinski definition) is 1. The summed E-state index contributed by atoms with van der Waals surface area (Å²) in [6, 6.07) is 5.08. The molecule has 1 atom stereocenters. The number of nitrogens with zero attached hydrogens (tertiary/aromatic N) is 2. The number of benzene rings is 1. The Morgan fingerprint density at radius 2 is 2.11 bits per heavy atom. The Morgan fingerprint density at radius 3 is 2.72 bits per heavy atom. The summed E-state index contributed by atoms with van der Waals surface area (Å²) in [6.07, 6.45) is 1.79. The molecule has 0 radical (unpaired) electrons. The molecule has 4 heteroatoms. The van der Waals surface area contributed by atoms with Gasteiger partial charge in [-0.2, -0.15) is 0 Å². The van der Waals surface area contributed by atoms with E-state index in [1.165, 1.54) is 0 Å². The predicted molar refractivity (Wildman–Crippen MR) is 70.7 cm³/mol. The van der Waals surface area contributed by atoms with Gasteiger partial charge in [-0.05, 0) is 30.0 Å². The fourth-order valence-electron chi connectivity index (χ4n) is 1.86. The molecule has 0 aliphatic carbocycles. The SMILES string of the molecule is CC(C)C(C)Cn1cnc2cc(C(=O)O)ccc21. The lowest BCUT2D eigenvalue weighted by molar-refractivity contribution is 0.0697. The van der Waals surface area contributed by atoms with Crippen molar-refractivity contribution in [2.75, 3.05) is 0 Å². The molecule has 1 unspecified atom stereocenters. The van der Waals surface area contributed by atoms with Gasteiger partial charge in [-0.3, -0.25) is 0 Å². The summed E-state index contributed by atoms with van der Waals surface area (Å²) in [7, 11) is 0. The number of aromatic carboxylic acids is 1. The van der Waals surface area contributed by atoms with Gasteiger partial charge in [0, 0.05) is 6.54 Å². The van der Waals surface area contributed by atoms with Gasteiger partial charge in [0.25, 0.3) is 0 Å². The van der Waals surface area contributed by atoms with E-state index in [2.05, 4.69) is 30.3 Å². The second kappa shape index (κ2) is 4.80. The van der Waals surface area contributed by atoms with Crippen molar-refractivity contribution < 1.29 is 9.90 Å². The number of aromatic nitrogens is 2. The molecular formula is C14H18N2O2. The van der Waals surface area contributed by atoms with Crippen molar-refractivity contribution in [2.24, 2.45) is 11.8 Å². The molecule has 4 nitrogen and oxygen atoms in total. The van der Waals surface area contributed by atoms with Crippen LogP contribution in [-0.2, 0) is 6.54 Å². The molecule has 0 aliphatic rings. The molecule has 0 amide bonds. The maximum Gasteiger partial charge on any atom is 0.335 e. The third-order valence-electron chi connectivity index (χ3n) is 3.49. The quantitative estimate of drug-likeness (QED) is 0.902. The Balaban J connectivity index is 2.34. The Morgan fingerprint density at radius 1 is 1.39 bits per heavy atom. The summed E-state index contributed by atoms with van der Waals surface area (Å²) in [5.41, 5.74) is 2.02. The fraction of sp³-hybridized carbons (Fsp3) is 0.429. The second-order valence-corrected chi connectivity index (χ2v) is 5.13. The molecule has 2 rings (SSSR count). The molecular weight excluding hydrogens is 228 g/mol. The molecule has 18 heavy (non-hydrogen) atoms. The summed E-state index contributed by atoms with van der Waals surface area (Å²) in [4.78, 5) is 15.2. The van der Waals surface area contributed by atoms with Crippen molar-refractivity contribution >= 4 is 17.0 Å². The summed E-state index contributed by atoms with van der Waals surface area (Å²) in [6.45, 7) is 7.52. The first kappa shape index (κ1) is 12.6. The highest BCUT2D eigenvalue weighted by atomic mass is 16.4. The van der Waals surface area contributed by atoms with E-state index in [1.54, 1.807) is 18.5 Å². The number of rotatable bonds is 4. The van der Waals surface area contributed by atoms with Crippen LogP contribution < -0.4 is 0 Å². The van der Waals surface area contributed by atoms with Crippen LogP contribution in [0.25, 0.3) is 11.0 Å². The van der Waals surface area contributed by atoms with Crippen molar-refractivity contribution in [1.29, 1.82) is 0 Å². The molecule has 1 aromatic carbocycles. The zero-order valence-corrected chi connectivity index (χ0v) is 10.9. The Kier molecular flexibility index (Phi) is 3.36. The van der Waals surface area contributed by atoms with Crippen LogP contribution in [0.5, 0.6) is 0 Å². The van der Waals surface area contributed by atoms with Crippen molar-refractivity contribution in [1.82, 2.24) is 9.55 Å². The molecule has 0 aliphatic heterocycles. The Bertz CT molecular complexity index is 572. The fourth-order valence-corrected chi connectivity index (χ4v) is 1.86. The van der Waals surface area contributed by atoms with Crippen LogP contribution in [0.3, 0.4) is 0 Å². The minimum Gasteiger partial charge on any atom is -0.478 e. The van der Waals surface area contributed by atoms with Gasteiger partial charge in [-0.1, -0.05) is 20.8 Å². The minimum absolute atomic E-state index is 0.282. The molecule has 0 spiro atoms. The lowest BCUT2D eigenvalue weighted by Gasteiger charge is -2.16. The van der Waals surface area contributed by atoms with E-state index in [1.807, 2.05) is 6.07 Å². The molecule has 0 fully saturated rings. The van der Waals surface area contributed by atoms with Crippen LogP contribution in [-0.4, -0.2) is 20.6 Å². The zero-order chi connectivity index (χ0) is 13.3. The number of carboxylic acid groups (broad SMARTS) is 1. The summed E-state index contributed by atoms with van der Waals surface area (Å²) < 4.78 is 2.09. The second-order valence-electron chi connectivity index (χ2n) is 5.13. The van der Waals surface area contributed by atoms with Crippen LogP contribution in [0.2, 0.25) is 0 Å². The Hall–Kier alpha value is -1.84. The predicted octanol–water partition coefficient (Wildman–Crippen LogP) is 3.03. The molecule has 0 bridgehead atoms. The normalized spacial score (nSPS) is 13.1. The number of fused-ring (bicyclic) bond motifs is 1. The number of imidazole rings is 1. The maximum absolute atomic E-state index is 10.9. The van der Waals surface area contributed by atoms with E-state index < -0.39 is 5.97 Å². The highest BCUT2D eigenvalue weighted by Gasteiger charge is 2.11. The molecule has 0 saturated heterocycles. The lowest BCUT2D eigenvalue weighted by Crippen LogP contribution is -2.12. The average molecular weight is 246 g/mol. The number of carbonyl (C=O) groups is 1. The lowest BCUT2D eigenvalue weighted by atomic mass is 9.98. The van der Waals surface area contributed by atoms with Crippen molar-refractivity contribution in [3.8, 4) is 0 Å². The number of hydrogen-bond acceptors (Lipinski definition) is 2. The van der Waals surface area contributed by atoms with E-state index in [0.29, 0.717) is 11.8 Å². The van der Waals surface area contributed by atoms with Gasteiger partial charge in [0.05, 0.1) is 22.9 Å². The third-order valence-corrected chi connectivity index (χ3v) is 3.49. The molecule has 0 saturated carbocycles. The standard InChI is InChI=1S/C14H18N2O2/c1-9(2)10(3)7-16-8-15-12-6-11(14(17)18)4-5-13(12)16/h4-6,8-10H,7H2,1-3H3,(H,17,18). The van der Waals surface area contributed by atoms with E-state index in [9.17, 15) is 4.79 Å². The highest BCUT2D eigenvalue weighted by Crippen LogP contribution is 2.19. The summed E-state index contributed by atoms with van der Waals surface area (Å²) in [5, 5.41) is 8.93. The van der Waals surface area contributed by atoms with Gasteiger partial charge in [0.15, 0.2) is 0 Å². The van der Waals surface area contributed by atoms with Crippen LogP contribution >= 0.6 is 0 Å². The molecule has 96 valence electrons.